The summed E-state index contributed by atoms with van der Waals surface area (Å²) < 4.78 is 0. The lowest BCUT2D eigenvalue weighted by Crippen LogP contribution is -2.23. The summed E-state index contributed by atoms with van der Waals surface area (Å²) in [5, 5.41) is 4.48. The summed E-state index contributed by atoms with van der Waals surface area (Å²) in [6.07, 6.45) is 2.21. The number of carbonyl (C=O) groups is 1. The van der Waals surface area contributed by atoms with E-state index in [1.54, 1.807) is 18.0 Å². The number of aromatic nitrogens is 1. The molecule has 1 amide bonds. The highest BCUT2D eigenvalue weighted by Crippen LogP contribution is 2.16. The Kier molecular flexibility index (Phi) is 5.89. The minimum absolute atomic E-state index is 0.0216. The van der Waals surface area contributed by atoms with Crippen molar-refractivity contribution in [3.05, 3.63) is 59.2 Å². The van der Waals surface area contributed by atoms with E-state index in [-0.39, 0.29) is 5.91 Å². The number of pyridine rings is 1. The van der Waals surface area contributed by atoms with Gasteiger partial charge in [0.15, 0.2) is 0 Å². The Labute approximate surface area is 127 Å². The average molecular weight is 307 g/mol. The molecule has 0 aliphatic heterocycles. The van der Waals surface area contributed by atoms with Crippen LogP contribution in [-0.2, 0) is 11.3 Å². The minimum atomic E-state index is 0.0216. The monoisotopic (exact) mass is 306 g/mol. The molecule has 3 nitrogen and oxygen atoms in total. The summed E-state index contributed by atoms with van der Waals surface area (Å²) in [4.78, 5) is 15.9. The lowest BCUT2D eigenvalue weighted by Gasteiger charge is -2.06. The van der Waals surface area contributed by atoms with Crippen molar-refractivity contribution in [3.8, 4) is 0 Å². The number of hydrogen-bond donors (Lipinski definition) is 1. The number of benzene rings is 1. The van der Waals surface area contributed by atoms with Crippen molar-refractivity contribution in [2.75, 3.05) is 5.75 Å². The van der Waals surface area contributed by atoms with Crippen molar-refractivity contribution in [2.45, 2.75) is 18.0 Å². The highest BCUT2D eigenvalue weighted by atomic mass is 35.5. The molecule has 1 aromatic carbocycles. The second kappa shape index (κ2) is 7.92. The molecule has 2 aromatic rings. The highest BCUT2D eigenvalue weighted by Gasteiger charge is 2.04. The smallest absolute Gasteiger partial charge is 0.221 e. The number of carbonyl (C=O) groups excluding carboxylic acids is 1. The van der Waals surface area contributed by atoms with Gasteiger partial charge in [-0.05, 0) is 23.8 Å². The van der Waals surface area contributed by atoms with Crippen molar-refractivity contribution in [3.63, 3.8) is 0 Å². The second-order valence-corrected chi connectivity index (χ2v) is 5.66. The van der Waals surface area contributed by atoms with Crippen molar-refractivity contribution in [2.24, 2.45) is 0 Å². The van der Waals surface area contributed by atoms with Gasteiger partial charge in [-0.15, -0.1) is 11.8 Å². The highest BCUT2D eigenvalue weighted by molar-refractivity contribution is 7.99. The predicted octanol–water partition coefficient (Wildman–Crippen LogP) is 3.53. The van der Waals surface area contributed by atoms with Crippen LogP contribution < -0.4 is 5.32 Å². The van der Waals surface area contributed by atoms with Gasteiger partial charge in [-0.1, -0.05) is 35.9 Å². The maximum absolute atomic E-state index is 11.7. The number of nitrogens with zero attached hydrogens (tertiary/aromatic N) is 1. The molecule has 1 N–H and O–H groups in total. The summed E-state index contributed by atoms with van der Waals surface area (Å²) in [7, 11) is 0. The molecule has 104 valence electrons. The maximum atomic E-state index is 11.7. The Morgan fingerprint density at radius 1 is 1.20 bits per heavy atom. The van der Waals surface area contributed by atoms with E-state index in [2.05, 4.69) is 10.3 Å². The van der Waals surface area contributed by atoms with Crippen molar-refractivity contribution in [1.82, 2.24) is 10.3 Å². The largest absolute Gasteiger partial charge is 0.352 e. The molecule has 0 saturated heterocycles. The van der Waals surface area contributed by atoms with Gasteiger partial charge in [-0.2, -0.15) is 0 Å². The van der Waals surface area contributed by atoms with Gasteiger partial charge >= 0.3 is 0 Å². The fourth-order valence-electron chi connectivity index (χ4n) is 1.60. The van der Waals surface area contributed by atoms with Gasteiger partial charge in [-0.25, -0.2) is 4.98 Å². The topological polar surface area (TPSA) is 42.0 Å². The predicted molar refractivity (Wildman–Crippen MR) is 82.9 cm³/mol. The fourth-order valence-corrected chi connectivity index (χ4v) is 2.61. The number of rotatable bonds is 6. The van der Waals surface area contributed by atoms with Crippen LogP contribution >= 0.6 is 23.4 Å². The first-order chi connectivity index (χ1) is 9.75. The van der Waals surface area contributed by atoms with E-state index in [1.165, 1.54) is 0 Å². The van der Waals surface area contributed by atoms with Gasteiger partial charge in [0.2, 0.25) is 5.91 Å². The first-order valence-electron chi connectivity index (χ1n) is 6.29. The van der Waals surface area contributed by atoms with Crippen LogP contribution in [0, 0.1) is 0 Å². The quantitative estimate of drug-likeness (QED) is 0.830. The first kappa shape index (κ1) is 14.9. The first-order valence-corrected chi connectivity index (χ1v) is 7.66. The molecule has 20 heavy (non-hydrogen) atoms. The molecule has 0 aliphatic carbocycles. The van der Waals surface area contributed by atoms with Crippen LogP contribution in [0.2, 0.25) is 5.02 Å². The molecule has 0 saturated carbocycles. The molecule has 1 heterocycles. The van der Waals surface area contributed by atoms with E-state index in [4.69, 9.17) is 11.6 Å². The van der Waals surface area contributed by atoms with E-state index in [0.717, 1.165) is 10.6 Å². The van der Waals surface area contributed by atoms with Crippen LogP contribution in [-0.4, -0.2) is 16.6 Å². The van der Waals surface area contributed by atoms with Crippen molar-refractivity contribution >= 4 is 29.3 Å². The van der Waals surface area contributed by atoms with Crippen LogP contribution in [0.1, 0.15) is 12.0 Å². The number of halogens is 1. The zero-order chi connectivity index (χ0) is 14.2. The van der Waals surface area contributed by atoms with E-state index in [0.29, 0.717) is 23.7 Å². The van der Waals surface area contributed by atoms with Gasteiger partial charge in [0, 0.05) is 29.9 Å². The summed E-state index contributed by atoms with van der Waals surface area (Å²) in [5.74, 6) is 0.735. The number of amides is 1. The molecule has 0 radical (unpaired) electrons. The van der Waals surface area contributed by atoms with Crippen molar-refractivity contribution in [1.29, 1.82) is 0 Å². The average Bonchev–Trinajstić information content (AvgIpc) is 2.47. The van der Waals surface area contributed by atoms with Gasteiger partial charge in [0.05, 0.1) is 5.03 Å². The zero-order valence-corrected chi connectivity index (χ0v) is 12.5. The Morgan fingerprint density at radius 2 is 2.00 bits per heavy atom. The Balaban J connectivity index is 1.70. The summed E-state index contributed by atoms with van der Waals surface area (Å²) in [5.41, 5.74) is 0.930. The lowest BCUT2D eigenvalue weighted by molar-refractivity contribution is -0.120. The molecule has 0 unspecified atom stereocenters. The Morgan fingerprint density at radius 3 is 2.75 bits per heavy atom. The molecule has 0 atom stereocenters. The van der Waals surface area contributed by atoms with E-state index in [1.807, 2.05) is 42.5 Å². The van der Waals surface area contributed by atoms with Crippen LogP contribution in [0.5, 0.6) is 0 Å². The molecule has 0 bridgehead atoms. The lowest BCUT2D eigenvalue weighted by atomic mass is 10.2. The van der Waals surface area contributed by atoms with Gasteiger partial charge < -0.3 is 5.32 Å². The Hall–Kier alpha value is -1.52. The van der Waals surface area contributed by atoms with Gasteiger partial charge in [0.1, 0.15) is 0 Å². The van der Waals surface area contributed by atoms with E-state index in [9.17, 15) is 4.79 Å². The summed E-state index contributed by atoms with van der Waals surface area (Å²) in [6, 6.07) is 13.3. The van der Waals surface area contributed by atoms with Crippen LogP contribution in [0.25, 0.3) is 0 Å². The third-order valence-electron chi connectivity index (χ3n) is 2.65. The fraction of sp³-hybridized carbons (Fsp3) is 0.200. The molecule has 0 fully saturated rings. The molecule has 5 heteroatoms. The molecular weight excluding hydrogens is 292 g/mol. The molecular formula is C15H15ClN2OS. The van der Waals surface area contributed by atoms with E-state index >= 15 is 0 Å². The standard InChI is InChI=1S/C15H15ClN2OS/c16-13-6-2-1-5-12(13)11-18-14(19)8-10-20-15-7-3-4-9-17-15/h1-7,9H,8,10-11H2,(H,18,19). The zero-order valence-electron chi connectivity index (χ0n) is 10.9. The van der Waals surface area contributed by atoms with Crippen LogP contribution in [0.15, 0.2) is 53.7 Å². The van der Waals surface area contributed by atoms with Crippen molar-refractivity contribution < 1.29 is 4.79 Å². The second-order valence-electron chi connectivity index (χ2n) is 4.13. The molecule has 2 rings (SSSR count). The third-order valence-corrected chi connectivity index (χ3v) is 3.96. The molecule has 0 spiro atoms. The molecule has 0 aliphatic rings. The Bertz CT molecular complexity index is 563. The number of nitrogens with one attached hydrogen (secondary N) is 1. The summed E-state index contributed by atoms with van der Waals surface area (Å²) in [6.45, 7) is 0.465. The minimum Gasteiger partial charge on any atom is -0.352 e. The van der Waals surface area contributed by atoms with Crippen LogP contribution in [0.3, 0.4) is 0 Å². The number of hydrogen-bond acceptors (Lipinski definition) is 3. The summed E-state index contributed by atoms with van der Waals surface area (Å²) >= 11 is 7.60. The van der Waals surface area contributed by atoms with Crippen LogP contribution in [0.4, 0.5) is 0 Å². The van der Waals surface area contributed by atoms with Gasteiger partial charge in [0.25, 0.3) is 0 Å². The SMILES string of the molecule is O=C(CCSc1ccccn1)NCc1ccccc1Cl. The van der Waals surface area contributed by atoms with Gasteiger partial charge in [-0.3, -0.25) is 4.79 Å². The maximum Gasteiger partial charge on any atom is 0.221 e. The number of thioether (sulfide) groups is 1. The third kappa shape index (κ3) is 4.87. The van der Waals surface area contributed by atoms with E-state index < -0.39 is 0 Å². The molecule has 1 aromatic heterocycles. The normalized spacial score (nSPS) is 10.2.